The Balaban J connectivity index is 1.82. The highest BCUT2D eigenvalue weighted by Gasteiger charge is 2.07. The Labute approximate surface area is 134 Å². The molecule has 5 heteroatoms. The molecular weight excluding hydrogens is 292 g/mol. The summed E-state index contributed by atoms with van der Waals surface area (Å²) in [6.45, 7) is 2.95. The molecule has 2 aromatic carbocycles. The third-order valence-corrected chi connectivity index (χ3v) is 3.51. The van der Waals surface area contributed by atoms with Crippen LogP contribution in [0.1, 0.15) is 12.5 Å². The Kier molecular flexibility index (Phi) is 4.19. The first-order valence-corrected chi connectivity index (χ1v) is 7.44. The molecule has 0 aliphatic carbocycles. The smallest absolute Gasteiger partial charge is 0.216 e. The standard InChI is InChI=1S/C18H18N2O3/c1-2-23-16-8-3-12-9-13(18(22)20-17(12)10-16)11-19-14-4-6-15(21)7-5-14/h3-10,19,21H,2,11H2,1H3,(H,20,22). The average molecular weight is 310 g/mol. The van der Waals surface area contributed by atoms with Crippen molar-refractivity contribution in [2.24, 2.45) is 0 Å². The van der Waals surface area contributed by atoms with Gasteiger partial charge in [-0.1, -0.05) is 0 Å². The lowest BCUT2D eigenvalue weighted by Crippen LogP contribution is -2.01. The van der Waals surface area contributed by atoms with E-state index in [9.17, 15) is 10.2 Å². The molecule has 23 heavy (non-hydrogen) atoms. The number of benzene rings is 2. The van der Waals surface area contributed by atoms with E-state index >= 15 is 0 Å². The predicted molar refractivity (Wildman–Crippen MR) is 90.0 cm³/mol. The van der Waals surface area contributed by atoms with Crippen LogP contribution in [0, 0.1) is 0 Å². The predicted octanol–water partition coefficient (Wildman–Crippen LogP) is 3.66. The summed E-state index contributed by atoms with van der Waals surface area (Å²) in [6, 6.07) is 14.3. The Hall–Kier alpha value is -2.95. The second-order valence-electron chi connectivity index (χ2n) is 5.16. The maximum atomic E-state index is 10.1. The van der Waals surface area contributed by atoms with E-state index in [1.807, 2.05) is 31.2 Å². The van der Waals surface area contributed by atoms with E-state index in [0.717, 1.165) is 16.8 Å². The van der Waals surface area contributed by atoms with E-state index in [0.29, 0.717) is 24.2 Å². The summed E-state index contributed by atoms with van der Waals surface area (Å²) in [5.74, 6) is 0.954. The first-order valence-electron chi connectivity index (χ1n) is 7.44. The summed E-state index contributed by atoms with van der Waals surface area (Å²) in [5.41, 5.74) is 2.26. The fourth-order valence-electron chi connectivity index (χ4n) is 2.34. The number of hydrogen-bond acceptors (Lipinski definition) is 5. The van der Waals surface area contributed by atoms with Crippen LogP contribution in [0.4, 0.5) is 5.69 Å². The summed E-state index contributed by atoms with van der Waals surface area (Å²) in [4.78, 5) is 4.24. The van der Waals surface area contributed by atoms with Crippen molar-refractivity contribution in [1.29, 1.82) is 0 Å². The summed E-state index contributed by atoms with van der Waals surface area (Å²) in [5, 5.41) is 23.5. The van der Waals surface area contributed by atoms with E-state index in [1.54, 1.807) is 24.3 Å². The minimum atomic E-state index is -0.00238. The third-order valence-electron chi connectivity index (χ3n) is 3.51. The molecule has 0 radical (unpaired) electrons. The van der Waals surface area contributed by atoms with Gasteiger partial charge < -0.3 is 20.3 Å². The van der Waals surface area contributed by atoms with Gasteiger partial charge in [0.05, 0.1) is 12.1 Å². The van der Waals surface area contributed by atoms with E-state index in [2.05, 4.69) is 10.3 Å². The van der Waals surface area contributed by atoms with Crippen molar-refractivity contribution in [3.63, 3.8) is 0 Å². The lowest BCUT2D eigenvalue weighted by atomic mass is 10.1. The lowest BCUT2D eigenvalue weighted by molar-refractivity contribution is 0.340. The largest absolute Gasteiger partial charge is 0.508 e. The van der Waals surface area contributed by atoms with Crippen molar-refractivity contribution < 1.29 is 14.9 Å². The highest BCUT2D eigenvalue weighted by atomic mass is 16.5. The lowest BCUT2D eigenvalue weighted by Gasteiger charge is -2.10. The van der Waals surface area contributed by atoms with Crippen LogP contribution < -0.4 is 10.1 Å². The Morgan fingerprint density at radius 2 is 1.83 bits per heavy atom. The first kappa shape index (κ1) is 15.0. The molecule has 3 N–H and O–H groups in total. The molecule has 3 rings (SSSR count). The van der Waals surface area contributed by atoms with Crippen LogP contribution in [-0.4, -0.2) is 21.8 Å². The van der Waals surface area contributed by atoms with Gasteiger partial charge in [0.15, 0.2) is 0 Å². The van der Waals surface area contributed by atoms with Crippen molar-refractivity contribution in [2.45, 2.75) is 13.5 Å². The molecule has 0 aliphatic heterocycles. The molecule has 0 aliphatic rings. The molecule has 0 saturated carbocycles. The van der Waals surface area contributed by atoms with Gasteiger partial charge in [-0.2, -0.15) is 0 Å². The highest BCUT2D eigenvalue weighted by Crippen LogP contribution is 2.25. The van der Waals surface area contributed by atoms with Crippen LogP contribution in [0.2, 0.25) is 0 Å². The molecule has 0 bridgehead atoms. The summed E-state index contributed by atoms with van der Waals surface area (Å²) < 4.78 is 5.44. The van der Waals surface area contributed by atoms with Crippen LogP contribution in [0.15, 0.2) is 48.5 Å². The van der Waals surface area contributed by atoms with Gasteiger partial charge in [0, 0.05) is 29.2 Å². The van der Waals surface area contributed by atoms with Gasteiger partial charge in [-0.15, -0.1) is 0 Å². The number of aromatic hydroxyl groups is 2. The number of fused-ring (bicyclic) bond motifs is 1. The zero-order chi connectivity index (χ0) is 16.2. The van der Waals surface area contributed by atoms with E-state index in [1.165, 1.54) is 0 Å². The van der Waals surface area contributed by atoms with Crippen LogP contribution >= 0.6 is 0 Å². The van der Waals surface area contributed by atoms with Crippen LogP contribution in [-0.2, 0) is 6.54 Å². The number of nitrogens with one attached hydrogen (secondary N) is 1. The molecule has 0 saturated heterocycles. The Bertz CT molecular complexity index is 816. The number of phenolic OH excluding ortho intramolecular Hbond substituents is 1. The van der Waals surface area contributed by atoms with Gasteiger partial charge in [0.2, 0.25) is 5.88 Å². The number of phenols is 1. The monoisotopic (exact) mass is 310 g/mol. The molecule has 0 unspecified atom stereocenters. The molecular formula is C18H18N2O3. The maximum absolute atomic E-state index is 10.1. The van der Waals surface area contributed by atoms with Crippen LogP contribution in [0.5, 0.6) is 17.4 Å². The number of ether oxygens (including phenoxy) is 1. The molecule has 3 aromatic rings. The van der Waals surface area contributed by atoms with Gasteiger partial charge in [0.1, 0.15) is 11.5 Å². The molecule has 118 valence electrons. The molecule has 5 nitrogen and oxygen atoms in total. The third kappa shape index (κ3) is 3.45. The van der Waals surface area contributed by atoms with E-state index in [4.69, 9.17) is 4.74 Å². The van der Waals surface area contributed by atoms with Crippen molar-refractivity contribution in [3.8, 4) is 17.4 Å². The first-order chi connectivity index (χ1) is 11.2. The van der Waals surface area contributed by atoms with E-state index in [-0.39, 0.29) is 11.6 Å². The normalized spacial score (nSPS) is 10.7. The summed E-state index contributed by atoms with van der Waals surface area (Å²) in [6.07, 6.45) is 0. The number of anilines is 1. The van der Waals surface area contributed by atoms with Crippen molar-refractivity contribution in [3.05, 3.63) is 54.1 Å². The SMILES string of the molecule is CCOc1ccc2cc(CNc3ccc(O)cc3)c(O)nc2c1. The maximum Gasteiger partial charge on any atom is 0.216 e. The summed E-state index contributed by atoms with van der Waals surface area (Å²) in [7, 11) is 0. The van der Waals surface area contributed by atoms with Crippen molar-refractivity contribution in [1.82, 2.24) is 4.98 Å². The number of nitrogens with zero attached hydrogens (tertiary/aromatic N) is 1. The van der Waals surface area contributed by atoms with Gasteiger partial charge in [-0.05, 0) is 49.4 Å². The second-order valence-corrected chi connectivity index (χ2v) is 5.16. The van der Waals surface area contributed by atoms with Crippen molar-refractivity contribution >= 4 is 16.6 Å². The fourth-order valence-corrected chi connectivity index (χ4v) is 2.34. The topological polar surface area (TPSA) is 74.6 Å². The fraction of sp³-hybridized carbons (Fsp3) is 0.167. The van der Waals surface area contributed by atoms with E-state index < -0.39 is 0 Å². The molecule has 1 aromatic heterocycles. The molecule has 0 spiro atoms. The molecule has 1 heterocycles. The zero-order valence-corrected chi connectivity index (χ0v) is 12.8. The van der Waals surface area contributed by atoms with Gasteiger partial charge >= 0.3 is 0 Å². The van der Waals surface area contributed by atoms with Crippen LogP contribution in [0.25, 0.3) is 10.9 Å². The quantitative estimate of drug-likeness (QED) is 0.627. The van der Waals surface area contributed by atoms with Crippen LogP contribution in [0.3, 0.4) is 0 Å². The average Bonchev–Trinajstić information content (AvgIpc) is 2.55. The Morgan fingerprint density at radius 1 is 1.04 bits per heavy atom. The number of pyridine rings is 1. The number of rotatable bonds is 5. The Morgan fingerprint density at radius 3 is 2.57 bits per heavy atom. The second kappa shape index (κ2) is 6.44. The minimum absolute atomic E-state index is 0.00238. The van der Waals surface area contributed by atoms with Gasteiger partial charge in [-0.25, -0.2) is 4.98 Å². The zero-order valence-electron chi connectivity index (χ0n) is 12.8. The van der Waals surface area contributed by atoms with Gasteiger partial charge in [-0.3, -0.25) is 0 Å². The minimum Gasteiger partial charge on any atom is -0.508 e. The molecule has 0 fully saturated rings. The van der Waals surface area contributed by atoms with Crippen molar-refractivity contribution in [2.75, 3.05) is 11.9 Å². The number of aromatic nitrogens is 1. The number of hydrogen-bond donors (Lipinski definition) is 3. The highest BCUT2D eigenvalue weighted by molar-refractivity contribution is 5.81. The summed E-state index contributed by atoms with van der Waals surface area (Å²) >= 11 is 0. The molecule has 0 atom stereocenters. The van der Waals surface area contributed by atoms with Gasteiger partial charge in [0.25, 0.3) is 0 Å². The molecule has 0 amide bonds.